The van der Waals surface area contributed by atoms with Crippen molar-refractivity contribution in [1.29, 1.82) is 0 Å². The molecule has 0 bridgehead atoms. The maximum absolute atomic E-state index is 12.2. The number of nitrogens with zero attached hydrogens (tertiary/aromatic N) is 1. The molecule has 4 nitrogen and oxygen atoms in total. The van der Waals surface area contributed by atoms with E-state index in [9.17, 15) is 4.79 Å². The first-order valence-electron chi connectivity index (χ1n) is 7.44. The van der Waals surface area contributed by atoms with Gasteiger partial charge in [0.1, 0.15) is 0 Å². The Labute approximate surface area is 131 Å². The molecule has 1 aromatic carbocycles. The van der Waals surface area contributed by atoms with Crippen LogP contribution in [0.2, 0.25) is 5.02 Å². The number of carbonyl (C=O) groups excluding carboxylic acids is 1. The van der Waals surface area contributed by atoms with Gasteiger partial charge in [0, 0.05) is 13.2 Å². The van der Waals surface area contributed by atoms with Crippen LogP contribution in [0.3, 0.4) is 0 Å². The van der Waals surface area contributed by atoms with Crippen molar-refractivity contribution in [3.05, 3.63) is 28.8 Å². The van der Waals surface area contributed by atoms with Gasteiger partial charge < -0.3 is 10.1 Å². The predicted molar refractivity (Wildman–Crippen MR) is 85.9 cm³/mol. The minimum absolute atomic E-state index is 0.0264. The van der Waals surface area contributed by atoms with E-state index >= 15 is 0 Å². The molecule has 0 unspecified atom stereocenters. The molecule has 21 heavy (non-hydrogen) atoms. The summed E-state index contributed by atoms with van der Waals surface area (Å²) in [5, 5.41) is 3.46. The Bertz CT molecular complexity index is 487. The van der Waals surface area contributed by atoms with Crippen LogP contribution in [0.5, 0.6) is 0 Å². The Morgan fingerprint density at radius 3 is 2.95 bits per heavy atom. The summed E-state index contributed by atoms with van der Waals surface area (Å²) in [6.07, 6.45) is 1.09. The van der Waals surface area contributed by atoms with E-state index in [2.05, 4.69) is 17.1 Å². The zero-order valence-electron chi connectivity index (χ0n) is 12.7. The standard InChI is InChI=1S/C16H23ClN2O2/c1-3-19(9-13-6-7-21-11-13)10-16(20)18-15-5-4-12(2)8-14(15)17/h4-5,8,13H,3,6-7,9-11H2,1-2H3,(H,18,20)/t13-/m1/s1. The minimum Gasteiger partial charge on any atom is -0.381 e. The normalized spacial score (nSPS) is 18.2. The molecule has 5 heteroatoms. The summed E-state index contributed by atoms with van der Waals surface area (Å²) in [6, 6.07) is 5.64. The molecule has 1 aromatic rings. The highest BCUT2D eigenvalue weighted by Crippen LogP contribution is 2.22. The number of aryl methyl sites for hydroxylation is 1. The molecule has 1 aliphatic heterocycles. The van der Waals surface area contributed by atoms with Crippen molar-refractivity contribution in [2.24, 2.45) is 5.92 Å². The molecule has 116 valence electrons. The fourth-order valence-corrected chi connectivity index (χ4v) is 2.79. The van der Waals surface area contributed by atoms with Crippen molar-refractivity contribution in [2.75, 3.05) is 38.2 Å². The molecule has 1 amide bonds. The number of anilines is 1. The zero-order valence-corrected chi connectivity index (χ0v) is 13.4. The van der Waals surface area contributed by atoms with Crippen LogP contribution in [0, 0.1) is 12.8 Å². The van der Waals surface area contributed by atoms with Gasteiger partial charge in [0.15, 0.2) is 0 Å². The molecule has 1 fully saturated rings. The summed E-state index contributed by atoms with van der Waals surface area (Å²) in [5.41, 5.74) is 1.75. The van der Waals surface area contributed by atoms with Crippen molar-refractivity contribution in [1.82, 2.24) is 4.90 Å². The second kappa shape index (κ2) is 7.78. The average molecular weight is 311 g/mol. The monoisotopic (exact) mass is 310 g/mol. The Hall–Kier alpha value is -1.10. The number of amides is 1. The van der Waals surface area contributed by atoms with Crippen LogP contribution in [-0.4, -0.2) is 43.7 Å². The van der Waals surface area contributed by atoms with Crippen molar-refractivity contribution < 1.29 is 9.53 Å². The van der Waals surface area contributed by atoms with E-state index in [0.717, 1.165) is 38.3 Å². The molecule has 1 aliphatic rings. The zero-order chi connectivity index (χ0) is 15.2. The van der Waals surface area contributed by atoms with Crippen molar-refractivity contribution >= 4 is 23.2 Å². The predicted octanol–water partition coefficient (Wildman–Crippen LogP) is 2.95. The van der Waals surface area contributed by atoms with Gasteiger partial charge in [0.2, 0.25) is 5.91 Å². The number of nitrogens with one attached hydrogen (secondary N) is 1. The van der Waals surface area contributed by atoms with Crippen LogP contribution in [0.15, 0.2) is 18.2 Å². The van der Waals surface area contributed by atoms with Crippen LogP contribution in [-0.2, 0) is 9.53 Å². The van der Waals surface area contributed by atoms with E-state index in [-0.39, 0.29) is 5.91 Å². The molecule has 0 saturated carbocycles. The molecule has 0 radical (unpaired) electrons. The fourth-order valence-electron chi connectivity index (χ4n) is 2.51. The van der Waals surface area contributed by atoms with Crippen LogP contribution in [0.25, 0.3) is 0 Å². The van der Waals surface area contributed by atoms with Gasteiger partial charge in [-0.05, 0) is 43.5 Å². The van der Waals surface area contributed by atoms with Gasteiger partial charge in [0.25, 0.3) is 0 Å². The van der Waals surface area contributed by atoms with Crippen molar-refractivity contribution in [3.8, 4) is 0 Å². The number of hydrogen-bond donors (Lipinski definition) is 1. The third kappa shape index (κ3) is 4.99. The highest BCUT2D eigenvalue weighted by atomic mass is 35.5. The largest absolute Gasteiger partial charge is 0.381 e. The summed E-state index contributed by atoms with van der Waals surface area (Å²) in [4.78, 5) is 14.3. The van der Waals surface area contributed by atoms with Crippen LogP contribution in [0.4, 0.5) is 5.69 Å². The van der Waals surface area contributed by atoms with Gasteiger partial charge in [-0.2, -0.15) is 0 Å². The SMILES string of the molecule is CCN(CC(=O)Nc1ccc(C)cc1Cl)C[C@H]1CCOC1. The molecule has 1 N–H and O–H groups in total. The highest BCUT2D eigenvalue weighted by Gasteiger charge is 2.20. The first-order valence-corrected chi connectivity index (χ1v) is 7.82. The summed E-state index contributed by atoms with van der Waals surface area (Å²) >= 11 is 6.14. The lowest BCUT2D eigenvalue weighted by Gasteiger charge is -2.22. The Morgan fingerprint density at radius 2 is 2.33 bits per heavy atom. The van der Waals surface area contributed by atoms with Gasteiger partial charge in [-0.1, -0.05) is 24.6 Å². The lowest BCUT2D eigenvalue weighted by Crippen LogP contribution is -2.36. The third-order valence-electron chi connectivity index (χ3n) is 3.75. The molecular weight excluding hydrogens is 288 g/mol. The summed E-state index contributed by atoms with van der Waals surface area (Å²) in [6.45, 7) is 7.84. The molecular formula is C16H23ClN2O2. The number of benzene rings is 1. The smallest absolute Gasteiger partial charge is 0.238 e. The second-order valence-electron chi connectivity index (χ2n) is 5.59. The maximum atomic E-state index is 12.2. The number of hydrogen-bond acceptors (Lipinski definition) is 3. The van der Waals surface area contributed by atoms with E-state index in [0.29, 0.717) is 23.2 Å². The maximum Gasteiger partial charge on any atom is 0.238 e. The fraction of sp³-hybridized carbons (Fsp3) is 0.562. The molecule has 1 heterocycles. The van der Waals surface area contributed by atoms with Gasteiger partial charge in [-0.25, -0.2) is 0 Å². The molecule has 1 atom stereocenters. The van der Waals surface area contributed by atoms with E-state index < -0.39 is 0 Å². The Kier molecular flexibility index (Phi) is 6.03. The summed E-state index contributed by atoms with van der Waals surface area (Å²) in [5.74, 6) is 0.516. The topological polar surface area (TPSA) is 41.6 Å². The number of ether oxygens (including phenoxy) is 1. The first-order chi connectivity index (χ1) is 10.1. The number of rotatable bonds is 6. The van der Waals surface area contributed by atoms with Crippen LogP contribution >= 0.6 is 11.6 Å². The van der Waals surface area contributed by atoms with E-state index in [1.807, 2.05) is 25.1 Å². The Morgan fingerprint density at radius 1 is 1.52 bits per heavy atom. The van der Waals surface area contributed by atoms with Gasteiger partial charge in [-0.15, -0.1) is 0 Å². The first kappa shape index (κ1) is 16.3. The van der Waals surface area contributed by atoms with E-state index in [1.165, 1.54) is 0 Å². The summed E-state index contributed by atoms with van der Waals surface area (Å²) in [7, 11) is 0. The lowest BCUT2D eigenvalue weighted by atomic mass is 10.1. The second-order valence-corrected chi connectivity index (χ2v) is 6.00. The lowest BCUT2D eigenvalue weighted by molar-refractivity contribution is -0.117. The average Bonchev–Trinajstić information content (AvgIpc) is 2.94. The highest BCUT2D eigenvalue weighted by molar-refractivity contribution is 6.33. The van der Waals surface area contributed by atoms with Gasteiger partial charge >= 0.3 is 0 Å². The third-order valence-corrected chi connectivity index (χ3v) is 4.07. The molecule has 0 spiro atoms. The molecule has 0 aliphatic carbocycles. The van der Waals surface area contributed by atoms with Crippen LogP contribution < -0.4 is 5.32 Å². The minimum atomic E-state index is -0.0264. The van der Waals surface area contributed by atoms with Crippen molar-refractivity contribution in [3.63, 3.8) is 0 Å². The quantitative estimate of drug-likeness (QED) is 0.878. The molecule has 1 saturated heterocycles. The van der Waals surface area contributed by atoms with E-state index in [1.54, 1.807) is 0 Å². The Balaban J connectivity index is 1.86. The summed E-state index contributed by atoms with van der Waals surface area (Å²) < 4.78 is 5.39. The number of carbonyl (C=O) groups is 1. The van der Waals surface area contributed by atoms with Gasteiger partial charge in [-0.3, -0.25) is 9.69 Å². The number of halogens is 1. The van der Waals surface area contributed by atoms with Crippen molar-refractivity contribution in [2.45, 2.75) is 20.3 Å². The number of likely N-dealkylation sites (N-methyl/N-ethyl adjacent to an activating group) is 1. The molecule has 2 rings (SSSR count). The van der Waals surface area contributed by atoms with Gasteiger partial charge in [0.05, 0.1) is 23.9 Å². The van der Waals surface area contributed by atoms with E-state index in [4.69, 9.17) is 16.3 Å². The van der Waals surface area contributed by atoms with Crippen LogP contribution in [0.1, 0.15) is 18.9 Å². The molecule has 0 aromatic heterocycles.